The van der Waals surface area contributed by atoms with Crippen LogP contribution >= 0.6 is 0 Å². The number of carbonyl (C=O) groups excluding carboxylic acids is 2. The number of hydrogen-bond donors (Lipinski definition) is 1. The highest BCUT2D eigenvalue weighted by atomic mass is 16.6. The number of fused-ring (bicyclic) bond motifs is 1. The molecule has 5 nitrogen and oxygen atoms in total. The van der Waals surface area contributed by atoms with Gasteiger partial charge in [-0.25, -0.2) is 9.59 Å². The summed E-state index contributed by atoms with van der Waals surface area (Å²) in [6.07, 6.45) is -0.521. The fourth-order valence-electron chi connectivity index (χ4n) is 2.04. The van der Waals surface area contributed by atoms with Gasteiger partial charge in [0.05, 0.1) is 5.69 Å². The predicted molar refractivity (Wildman–Crippen MR) is 94.3 cm³/mol. The van der Waals surface area contributed by atoms with Crippen LogP contribution in [0.2, 0.25) is 0 Å². The van der Waals surface area contributed by atoms with Crippen LogP contribution in [0.25, 0.3) is 10.8 Å². The van der Waals surface area contributed by atoms with Gasteiger partial charge < -0.3 is 9.47 Å². The highest BCUT2D eigenvalue weighted by molar-refractivity contribution is 6.01. The Kier molecular flexibility index (Phi) is 4.93. The molecule has 126 valence electrons. The fourth-order valence-corrected chi connectivity index (χ4v) is 2.04. The molecule has 0 radical (unpaired) electrons. The molecule has 2 aromatic carbocycles. The number of anilines is 1. The van der Waals surface area contributed by atoms with Gasteiger partial charge in [-0.15, -0.1) is 0 Å². The van der Waals surface area contributed by atoms with Crippen molar-refractivity contribution in [3.05, 3.63) is 48.6 Å². The van der Waals surface area contributed by atoms with Gasteiger partial charge in [-0.05, 0) is 57.3 Å². The number of benzene rings is 2. The molecular weight excluding hydrogens is 306 g/mol. The van der Waals surface area contributed by atoms with Crippen molar-refractivity contribution in [3.8, 4) is 5.75 Å². The zero-order valence-corrected chi connectivity index (χ0v) is 14.3. The number of hydrogen-bond acceptors (Lipinski definition) is 4. The molecule has 0 aliphatic rings. The Hall–Kier alpha value is -2.82. The highest BCUT2D eigenvalue weighted by Gasteiger charge is 2.17. The van der Waals surface area contributed by atoms with Gasteiger partial charge in [0.1, 0.15) is 11.4 Å². The van der Waals surface area contributed by atoms with Crippen LogP contribution in [0.3, 0.4) is 0 Å². The Morgan fingerprint density at radius 1 is 1.12 bits per heavy atom. The van der Waals surface area contributed by atoms with E-state index in [0.29, 0.717) is 17.0 Å². The van der Waals surface area contributed by atoms with E-state index in [0.717, 1.165) is 10.8 Å². The number of rotatable bonds is 3. The van der Waals surface area contributed by atoms with Crippen molar-refractivity contribution < 1.29 is 19.1 Å². The summed E-state index contributed by atoms with van der Waals surface area (Å²) in [7, 11) is 0. The largest absolute Gasteiger partial charge is 0.444 e. The van der Waals surface area contributed by atoms with Crippen molar-refractivity contribution in [3.63, 3.8) is 0 Å². The summed E-state index contributed by atoms with van der Waals surface area (Å²) in [5.74, 6) is -0.0534. The van der Waals surface area contributed by atoms with Gasteiger partial charge in [0, 0.05) is 11.0 Å². The van der Waals surface area contributed by atoms with Crippen LogP contribution in [-0.4, -0.2) is 17.7 Å². The predicted octanol–water partition coefficient (Wildman–Crippen LogP) is 4.67. The second kappa shape index (κ2) is 6.74. The number of nitrogens with one attached hydrogen (secondary N) is 1. The lowest BCUT2D eigenvalue weighted by molar-refractivity contribution is -0.130. The molecule has 1 amide bonds. The van der Waals surface area contributed by atoms with Crippen molar-refractivity contribution in [1.82, 2.24) is 0 Å². The topological polar surface area (TPSA) is 64.6 Å². The van der Waals surface area contributed by atoms with Crippen LogP contribution in [0.1, 0.15) is 27.7 Å². The number of amides is 1. The summed E-state index contributed by atoms with van der Waals surface area (Å²) in [6.45, 7) is 10.6. The van der Waals surface area contributed by atoms with E-state index in [4.69, 9.17) is 9.47 Å². The summed E-state index contributed by atoms with van der Waals surface area (Å²) in [4.78, 5) is 23.5. The molecule has 24 heavy (non-hydrogen) atoms. The molecule has 0 bridgehead atoms. The maximum absolute atomic E-state index is 11.9. The second-order valence-electron chi connectivity index (χ2n) is 6.49. The van der Waals surface area contributed by atoms with Gasteiger partial charge >= 0.3 is 12.1 Å². The Labute approximate surface area is 141 Å². The van der Waals surface area contributed by atoms with Gasteiger partial charge in [0.15, 0.2) is 0 Å². The van der Waals surface area contributed by atoms with Gasteiger partial charge in [-0.1, -0.05) is 18.7 Å². The molecule has 5 heteroatoms. The second-order valence-corrected chi connectivity index (χ2v) is 6.49. The third-order valence-electron chi connectivity index (χ3n) is 3.05. The minimum Gasteiger partial charge on any atom is -0.444 e. The molecule has 2 rings (SSSR count). The molecule has 0 heterocycles. The van der Waals surface area contributed by atoms with E-state index in [1.807, 2.05) is 6.07 Å². The lowest BCUT2D eigenvalue weighted by Gasteiger charge is -2.20. The van der Waals surface area contributed by atoms with Crippen molar-refractivity contribution in [2.24, 2.45) is 0 Å². The molecular formula is C19H21NO4. The summed E-state index contributed by atoms with van der Waals surface area (Å²) in [5, 5.41) is 4.38. The summed E-state index contributed by atoms with van der Waals surface area (Å²) in [6, 6.07) is 10.6. The van der Waals surface area contributed by atoms with Crippen molar-refractivity contribution in [2.45, 2.75) is 33.3 Å². The molecule has 0 atom stereocenters. The summed E-state index contributed by atoms with van der Waals surface area (Å²) in [5.41, 5.74) is 0.383. The Morgan fingerprint density at radius 3 is 2.46 bits per heavy atom. The van der Waals surface area contributed by atoms with Crippen LogP contribution in [0, 0.1) is 0 Å². The van der Waals surface area contributed by atoms with E-state index in [-0.39, 0.29) is 0 Å². The van der Waals surface area contributed by atoms with Gasteiger partial charge in [0.25, 0.3) is 0 Å². The van der Waals surface area contributed by atoms with Gasteiger partial charge in [-0.3, -0.25) is 5.32 Å². The maximum Gasteiger partial charge on any atom is 0.412 e. The van der Waals surface area contributed by atoms with E-state index >= 15 is 0 Å². The van der Waals surface area contributed by atoms with E-state index in [2.05, 4.69) is 11.9 Å². The van der Waals surface area contributed by atoms with Crippen LogP contribution in [0.4, 0.5) is 10.5 Å². The maximum atomic E-state index is 11.9. The Bertz CT molecular complexity index is 803. The molecule has 0 aromatic heterocycles. The standard InChI is InChI=1S/C19H21NO4/c1-12(2)17(21)23-14-9-10-15-13(11-14)7-6-8-16(15)20-18(22)24-19(3,4)5/h6-11H,1H2,2-5H3,(H,20,22). The average molecular weight is 327 g/mol. The number of ether oxygens (including phenoxy) is 2. The molecule has 1 N–H and O–H groups in total. The average Bonchev–Trinajstić information content (AvgIpc) is 2.45. The Balaban J connectivity index is 2.26. The molecule has 0 fully saturated rings. The quantitative estimate of drug-likeness (QED) is 0.505. The minimum atomic E-state index is -0.571. The first-order chi connectivity index (χ1) is 11.2. The molecule has 0 aliphatic heterocycles. The van der Waals surface area contributed by atoms with Crippen LogP contribution in [0.5, 0.6) is 5.75 Å². The number of esters is 1. The normalized spacial score (nSPS) is 11.0. The summed E-state index contributed by atoms with van der Waals surface area (Å²) < 4.78 is 10.5. The first kappa shape index (κ1) is 17.5. The molecule has 0 unspecified atom stereocenters. The smallest absolute Gasteiger partial charge is 0.412 e. The third-order valence-corrected chi connectivity index (χ3v) is 3.05. The first-order valence-electron chi connectivity index (χ1n) is 7.56. The van der Waals surface area contributed by atoms with E-state index in [9.17, 15) is 9.59 Å². The highest BCUT2D eigenvalue weighted by Crippen LogP contribution is 2.28. The van der Waals surface area contributed by atoms with Gasteiger partial charge in [-0.2, -0.15) is 0 Å². The molecule has 0 aliphatic carbocycles. The van der Waals surface area contributed by atoms with E-state index in [1.165, 1.54) is 0 Å². The molecule has 0 saturated heterocycles. The lowest BCUT2D eigenvalue weighted by atomic mass is 10.1. The first-order valence-corrected chi connectivity index (χ1v) is 7.56. The summed E-state index contributed by atoms with van der Waals surface area (Å²) >= 11 is 0. The third kappa shape index (κ3) is 4.59. The monoisotopic (exact) mass is 327 g/mol. The van der Waals surface area contributed by atoms with Crippen molar-refractivity contribution in [2.75, 3.05) is 5.32 Å². The fraction of sp³-hybridized carbons (Fsp3) is 0.263. The number of carbonyl (C=O) groups is 2. The zero-order chi connectivity index (χ0) is 17.9. The molecule has 0 saturated carbocycles. The van der Waals surface area contributed by atoms with Gasteiger partial charge in [0.2, 0.25) is 0 Å². The van der Waals surface area contributed by atoms with Crippen molar-refractivity contribution in [1.29, 1.82) is 0 Å². The van der Waals surface area contributed by atoms with Crippen LogP contribution < -0.4 is 10.1 Å². The lowest BCUT2D eigenvalue weighted by Crippen LogP contribution is -2.27. The van der Waals surface area contributed by atoms with E-state index < -0.39 is 17.7 Å². The molecule has 0 spiro atoms. The Morgan fingerprint density at radius 2 is 1.83 bits per heavy atom. The van der Waals surface area contributed by atoms with E-state index in [1.54, 1.807) is 58.0 Å². The minimum absolute atomic E-state index is 0.329. The van der Waals surface area contributed by atoms with Crippen molar-refractivity contribution >= 4 is 28.5 Å². The SMILES string of the molecule is C=C(C)C(=O)Oc1ccc2c(NC(=O)OC(C)(C)C)cccc2c1. The van der Waals surface area contributed by atoms with Crippen LogP contribution in [0.15, 0.2) is 48.6 Å². The zero-order valence-electron chi connectivity index (χ0n) is 14.3. The van der Waals surface area contributed by atoms with Crippen LogP contribution in [-0.2, 0) is 9.53 Å². The molecule has 2 aromatic rings.